The number of methoxy groups -OCH3 is 1. The molecule has 5 rings (SSSR count). The summed E-state index contributed by atoms with van der Waals surface area (Å²) in [5, 5.41) is 13.2. The number of fused-ring (bicyclic) bond motifs is 2. The van der Waals surface area contributed by atoms with Crippen LogP contribution in [0, 0.1) is 19.7 Å². The van der Waals surface area contributed by atoms with Crippen LogP contribution in [0.2, 0.25) is 0 Å². The maximum atomic E-state index is 13.9. The van der Waals surface area contributed by atoms with E-state index in [9.17, 15) is 4.39 Å². The quantitative estimate of drug-likeness (QED) is 0.536. The standard InChI is InChI=1S/C19H19FN8O2.H2/c1-10-13-9-22-19-23-15-11(2)28(14-7-12(20)8-21-17(14)29-3)26-18(15)30-6-4-5-27(25-10)16(13)24-19;/h7-9H,4-6H2,1-3H3,(H,22,23,24);1H. The summed E-state index contributed by atoms with van der Waals surface area (Å²) in [6.07, 6.45) is 3.56. The molecule has 0 unspecified atom stereocenters. The van der Waals surface area contributed by atoms with Crippen molar-refractivity contribution < 1.29 is 15.3 Å². The Hall–Kier alpha value is -3.76. The Bertz CT molecular complexity index is 1270. The van der Waals surface area contributed by atoms with Crippen molar-refractivity contribution in [3.63, 3.8) is 0 Å². The maximum Gasteiger partial charge on any atom is 0.257 e. The molecule has 2 bridgehead atoms. The van der Waals surface area contributed by atoms with E-state index in [0.717, 1.165) is 22.9 Å². The highest BCUT2D eigenvalue weighted by atomic mass is 19.1. The van der Waals surface area contributed by atoms with Crippen molar-refractivity contribution in [2.24, 2.45) is 0 Å². The van der Waals surface area contributed by atoms with Gasteiger partial charge in [0.2, 0.25) is 11.8 Å². The first kappa shape index (κ1) is 18.3. The molecule has 0 amide bonds. The normalized spacial score (nSPS) is 13.5. The van der Waals surface area contributed by atoms with Crippen molar-refractivity contribution in [2.75, 3.05) is 19.0 Å². The Morgan fingerprint density at radius 1 is 1.23 bits per heavy atom. The predicted molar refractivity (Wildman–Crippen MR) is 108 cm³/mol. The second kappa shape index (κ2) is 6.94. The summed E-state index contributed by atoms with van der Waals surface area (Å²) in [7, 11) is 1.47. The van der Waals surface area contributed by atoms with E-state index in [4.69, 9.17) is 9.47 Å². The number of halogens is 1. The minimum absolute atomic E-state index is 0. The van der Waals surface area contributed by atoms with Crippen LogP contribution in [0.1, 0.15) is 19.2 Å². The van der Waals surface area contributed by atoms with Gasteiger partial charge in [-0.25, -0.2) is 23.7 Å². The number of nitrogens with one attached hydrogen (secondary N) is 1. The number of pyridine rings is 1. The number of rotatable bonds is 2. The molecule has 30 heavy (non-hydrogen) atoms. The van der Waals surface area contributed by atoms with Crippen LogP contribution in [0.4, 0.5) is 16.0 Å². The zero-order valence-corrected chi connectivity index (χ0v) is 16.7. The minimum Gasteiger partial charge on any atom is -0.479 e. The largest absolute Gasteiger partial charge is 0.479 e. The van der Waals surface area contributed by atoms with E-state index in [2.05, 4.69) is 30.5 Å². The predicted octanol–water partition coefficient (Wildman–Crippen LogP) is 2.94. The number of hydrogen-bond acceptors (Lipinski definition) is 8. The lowest BCUT2D eigenvalue weighted by molar-refractivity contribution is 0.288. The number of nitrogens with zero attached hydrogens (tertiary/aromatic N) is 7. The van der Waals surface area contributed by atoms with E-state index in [1.807, 2.05) is 18.5 Å². The van der Waals surface area contributed by atoms with Crippen LogP contribution in [0.3, 0.4) is 0 Å². The highest BCUT2D eigenvalue weighted by molar-refractivity contribution is 5.79. The molecule has 0 spiro atoms. The Labute approximate surface area is 172 Å². The summed E-state index contributed by atoms with van der Waals surface area (Å²) in [6.45, 7) is 4.84. The fourth-order valence-corrected chi connectivity index (χ4v) is 3.50. The van der Waals surface area contributed by atoms with Gasteiger partial charge >= 0.3 is 0 Å². The number of hydrogen-bond donors (Lipinski definition) is 1. The average molecular weight is 412 g/mol. The van der Waals surface area contributed by atoms with Gasteiger partial charge in [0.15, 0.2) is 5.65 Å². The molecule has 0 fully saturated rings. The third kappa shape index (κ3) is 2.90. The number of anilines is 2. The van der Waals surface area contributed by atoms with Crippen molar-refractivity contribution in [1.29, 1.82) is 0 Å². The summed E-state index contributed by atoms with van der Waals surface area (Å²) in [4.78, 5) is 13.0. The van der Waals surface area contributed by atoms with Gasteiger partial charge in [-0.05, 0) is 13.8 Å². The van der Waals surface area contributed by atoms with Gasteiger partial charge in [-0.2, -0.15) is 10.1 Å². The number of aryl methyl sites for hydroxylation is 2. The molecule has 0 atom stereocenters. The average Bonchev–Trinajstić information content (AvgIpc) is 3.21. The van der Waals surface area contributed by atoms with Crippen molar-refractivity contribution >= 4 is 22.7 Å². The van der Waals surface area contributed by atoms with Gasteiger partial charge in [-0.15, -0.1) is 5.10 Å². The first-order valence-corrected chi connectivity index (χ1v) is 9.44. The topological polar surface area (TPSA) is 105 Å². The summed E-state index contributed by atoms with van der Waals surface area (Å²) in [5.41, 5.74) is 3.26. The van der Waals surface area contributed by atoms with Crippen LogP contribution in [0.15, 0.2) is 18.5 Å². The zero-order chi connectivity index (χ0) is 20.8. The lowest BCUT2D eigenvalue weighted by atomic mass is 10.3. The van der Waals surface area contributed by atoms with Crippen molar-refractivity contribution in [3.05, 3.63) is 35.7 Å². The molecule has 10 nitrogen and oxygen atoms in total. The van der Waals surface area contributed by atoms with E-state index >= 15 is 0 Å². The Morgan fingerprint density at radius 3 is 2.93 bits per heavy atom. The highest BCUT2D eigenvalue weighted by Crippen LogP contribution is 2.34. The van der Waals surface area contributed by atoms with Crippen LogP contribution in [-0.4, -0.2) is 48.2 Å². The van der Waals surface area contributed by atoms with Gasteiger partial charge in [-0.1, -0.05) is 0 Å². The monoisotopic (exact) mass is 412 g/mol. The molecule has 4 aromatic heterocycles. The molecule has 1 aliphatic heterocycles. The van der Waals surface area contributed by atoms with Gasteiger partial charge in [0.1, 0.15) is 17.2 Å². The molecule has 0 aliphatic carbocycles. The molecule has 11 heteroatoms. The summed E-state index contributed by atoms with van der Waals surface area (Å²) < 4.78 is 28.5. The fraction of sp³-hybridized carbons (Fsp3) is 0.316. The van der Waals surface area contributed by atoms with Crippen LogP contribution in [0.5, 0.6) is 11.8 Å². The summed E-state index contributed by atoms with van der Waals surface area (Å²) in [5.74, 6) is 0.503. The van der Waals surface area contributed by atoms with Crippen molar-refractivity contribution in [1.82, 2.24) is 34.5 Å². The van der Waals surface area contributed by atoms with E-state index in [0.29, 0.717) is 48.5 Å². The Kier molecular flexibility index (Phi) is 4.23. The first-order chi connectivity index (χ1) is 14.5. The van der Waals surface area contributed by atoms with Gasteiger partial charge < -0.3 is 14.8 Å². The van der Waals surface area contributed by atoms with Crippen molar-refractivity contribution in [3.8, 4) is 17.4 Å². The van der Waals surface area contributed by atoms with E-state index in [1.54, 1.807) is 6.20 Å². The molecule has 0 radical (unpaired) electrons. The molecule has 0 saturated carbocycles. The molecule has 4 aromatic rings. The molecule has 1 aliphatic rings. The van der Waals surface area contributed by atoms with E-state index < -0.39 is 5.82 Å². The molecule has 5 heterocycles. The molecular formula is C19H21FN8O2. The lowest BCUT2D eigenvalue weighted by Gasteiger charge is -2.09. The third-order valence-electron chi connectivity index (χ3n) is 4.97. The first-order valence-electron chi connectivity index (χ1n) is 9.44. The Morgan fingerprint density at radius 2 is 2.10 bits per heavy atom. The maximum absolute atomic E-state index is 13.9. The molecule has 0 aromatic carbocycles. The van der Waals surface area contributed by atoms with Gasteiger partial charge in [-0.3, -0.25) is 0 Å². The van der Waals surface area contributed by atoms with Gasteiger partial charge in [0.25, 0.3) is 5.88 Å². The summed E-state index contributed by atoms with van der Waals surface area (Å²) in [6, 6.07) is 1.31. The summed E-state index contributed by atoms with van der Waals surface area (Å²) >= 11 is 0. The SMILES string of the molecule is COc1ncc(F)cc1-n1nc2c(c1C)Nc1ncc3c(C)nn(c3n1)CCCO2.[HH]. The fourth-order valence-electron chi connectivity index (χ4n) is 3.50. The molecule has 0 saturated heterocycles. The molecular weight excluding hydrogens is 391 g/mol. The van der Waals surface area contributed by atoms with Crippen molar-refractivity contribution in [2.45, 2.75) is 26.8 Å². The van der Waals surface area contributed by atoms with E-state index in [-0.39, 0.29) is 7.31 Å². The smallest absolute Gasteiger partial charge is 0.257 e. The molecule has 156 valence electrons. The number of ether oxygens (including phenoxy) is 2. The van der Waals surface area contributed by atoms with Gasteiger partial charge in [0, 0.05) is 26.7 Å². The Balaban J connectivity index is 0.00000231. The number of aromatic nitrogens is 7. The molecule has 1 N–H and O–H groups in total. The third-order valence-corrected chi connectivity index (χ3v) is 4.97. The van der Waals surface area contributed by atoms with E-state index in [1.165, 1.54) is 17.9 Å². The second-order valence-electron chi connectivity index (χ2n) is 6.93. The van der Waals surface area contributed by atoms with Gasteiger partial charge in [0.05, 0.1) is 36.7 Å². The lowest BCUT2D eigenvalue weighted by Crippen LogP contribution is -2.07. The minimum atomic E-state index is -0.496. The highest BCUT2D eigenvalue weighted by Gasteiger charge is 2.22. The van der Waals surface area contributed by atoms with Crippen LogP contribution in [-0.2, 0) is 6.54 Å². The second-order valence-corrected chi connectivity index (χ2v) is 6.93. The zero-order valence-electron chi connectivity index (χ0n) is 16.7. The van der Waals surface area contributed by atoms with Crippen LogP contribution in [0.25, 0.3) is 16.7 Å². The van der Waals surface area contributed by atoms with Crippen LogP contribution >= 0.6 is 0 Å². The van der Waals surface area contributed by atoms with Crippen LogP contribution < -0.4 is 14.8 Å².